The third-order valence-electron chi connectivity index (χ3n) is 3.21. The molecular formula is C17H17F2NOS. The maximum atomic E-state index is 13.6. The van der Waals surface area contributed by atoms with Crippen molar-refractivity contribution in [2.45, 2.75) is 24.8 Å². The Morgan fingerprint density at radius 1 is 1.18 bits per heavy atom. The molecule has 0 radical (unpaired) electrons. The zero-order valence-corrected chi connectivity index (χ0v) is 13.2. The van der Waals surface area contributed by atoms with E-state index >= 15 is 0 Å². The Hall–Kier alpha value is -1.88. The van der Waals surface area contributed by atoms with Crippen molar-refractivity contribution in [2.75, 3.05) is 5.75 Å². The average Bonchev–Trinajstić information content (AvgIpc) is 2.50. The highest BCUT2D eigenvalue weighted by Crippen LogP contribution is 2.21. The standard InChI is InChI=1S/C17H17F2NOS/c1-3-22-14-7-4-12(5-8-14)11(2)20-17(21)15-10-13(18)6-9-16(15)19/h4-11H,3H2,1-2H3,(H,20,21). The fourth-order valence-corrected chi connectivity index (χ4v) is 2.71. The molecule has 1 N–H and O–H groups in total. The Bertz CT molecular complexity index is 658. The average molecular weight is 321 g/mol. The molecule has 1 atom stereocenters. The minimum Gasteiger partial charge on any atom is -0.345 e. The summed E-state index contributed by atoms with van der Waals surface area (Å²) in [5, 5.41) is 2.68. The highest BCUT2D eigenvalue weighted by Gasteiger charge is 2.16. The van der Waals surface area contributed by atoms with Gasteiger partial charge in [0.1, 0.15) is 11.6 Å². The number of carbonyl (C=O) groups excluding carboxylic acids is 1. The van der Waals surface area contributed by atoms with Crippen LogP contribution in [0.5, 0.6) is 0 Å². The number of hydrogen-bond donors (Lipinski definition) is 1. The summed E-state index contributed by atoms with van der Waals surface area (Å²) in [7, 11) is 0. The van der Waals surface area contributed by atoms with E-state index in [-0.39, 0.29) is 11.6 Å². The summed E-state index contributed by atoms with van der Waals surface area (Å²) < 4.78 is 26.7. The normalized spacial score (nSPS) is 12.0. The third kappa shape index (κ3) is 4.07. The lowest BCUT2D eigenvalue weighted by Crippen LogP contribution is -2.27. The van der Waals surface area contributed by atoms with Crippen LogP contribution in [0, 0.1) is 11.6 Å². The van der Waals surface area contributed by atoms with Crippen molar-refractivity contribution < 1.29 is 13.6 Å². The largest absolute Gasteiger partial charge is 0.345 e. The predicted molar refractivity (Wildman–Crippen MR) is 85.1 cm³/mol. The molecule has 0 aliphatic rings. The molecular weight excluding hydrogens is 304 g/mol. The van der Waals surface area contributed by atoms with Gasteiger partial charge in [0.25, 0.3) is 5.91 Å². The Morgan fingerprint density at radius 2 is 1.86 bits per heavy atom. The number of rotatable bonds is 5. The lowest BCUT2D eigenvalue weighted by molar-refractivity contribution is 0.0935. The number of benzene rings is 2. The SMILES string of the molecule is CCSc1ccc(C(C)NC(=O)c2cc(F)ccc2F)cc1. The van der Waals surface area contributed by atoms with E-state index in [1.165, 1.54) is 0 Å². The molecule has 0 heterocycles. The molecule has 5 heteroatoms. The lowest BCUT2D eigenvalue weighted by Gasteiger charge is -2.15. The van der Waals surface area contributed by atoms with Crippen LogP contribution >= 0.6 is 11.8 Å². The van der Waals surface area contributed by atoms with Crippen molar-refractivity contribution in [3.63, 3.8) is 0 Å². The Labute approximate surface area is 132 Å². The van der Waals surface area contributed by atoms with E-state index in [0.29, 0.717) is 0 Å². The molecule has 0 bridgehead atoms. The molecule has 2 aromatic carbocycles. The maximum absolute atomic E-state index is 13.6. The molecule has 0 aliphatic carbocycles. The van der Waals surface area contributed by atoms with Crippen molar-refractivity contribution in [1.29, 1.82) is 0 Å². The number of nitrogens with one attached hydrogen (secondary N) is 1. The monoisotopic (exact) mass is 321 g/mol. The topological polar surface area (TPSA) is 29.1 Å². The fraction of sp³-hybridized carbons (Fsp3) is 0.235. The van der Waals surface area contributed by atoms with Gasteiger partial charge in [-0.05, 0) is 48.6 Å². The smallest absolute Gasteiger partial charge is 0.254 e. The second-order valence-corrected chi connectivity index (χ2v) is 6.16. The summed E-state index contributed by atoms with van der Waals surface area (Å²) in [5.74, 6) is -1.01. The predicted octanol–water partition coefficient (Wildman–Crippen LogP) is 4.57. The van der Waals surface area contributed by atoms with Crippen LogP contribution < -0.4 is 5.32 Å². The molecule has 0 saturated carbocycles. The number of halogens is 2. The van der Waals surface area contributed by atoms with Crippen molar-refractivity contribution in [3.8, 4) is 0 Å². The van der Waals surface area contributed by atoms with Crippen molar-refractivity contribution in [3.05, 3.63) is 65.2 Å². The van der Waals surface area contributed by atoms with Gasteiger partial charge in [-0.25, -0.2) is 8.78 Å². The molecule has 2 nitrogen and oxygen atoms in total. The summed E-state index contributed by atoms with van der Waals surface area (Å²) >= 11 is 1.73. The first-order valence-corrected chi connectivity index (χ1v) is 7.98. The van der Waals surface area contributed by atoms with Crippen LogP contribution in [0.4, 0.5) is 8.78 Å². The fourth-order valence-electron chi connectivity index (χ4n) is 2.05. The molecule has 0 aliphatic heterocycles. The highest BCUT2D eigenvalue weighted by molar-refractivity contribution is 7.99. The van der Waals surface area contributed by atoms with E-state index in [4.69, 9.17) is 0 Å². The van der Waals surface area contributed by atoms with E-state index in [1.807, 2.05) is 24.3 Å². The molecule has 22 heavy (non-hydrogen) atoms. The molecule has 116 valence electrons. The second-order valence-electron chi connectivity index (χ2n) is 4.82. The van der Waals surface area contributed by atoms with Gasteiger partial charge in [-0.15, -0.1) is 11.8 Å². The van der Waals surface area contributed by atoms with Crippen LogP contribution in [0.15, 0.2) is 47.4 Å². The van der Waals surface area contributed by atoms with Crippen LogP contribution in [0.2, 0.25) is 0 Å². The first kappa shape index (κ1) is 16.5. The van der Waals surface area contributed by atoms with Gasteiger partial charge in [0, 0.05) is 4.90 Å². The van der Waals surface area contributed by atoms with Crippen LogP contribution in [0.3, 0.4) is 0 Å². The van der Waals surface area contributed by atoms with Crippen molar-refractivity contribution >= 4 is 17.7 Å². The Morgan fingerprint density at radius 3 is 2.50 bits per heavy atom. The number of carbonyl (C=O) groups is 1. The second kappa shape index (κ2) is 7.40. The lowest BCUT2D eigenvalue weighted by atomic mass is 10.1. The summed E-state index contributed by atoms with van der Waals surface area (Å²) in [6.07, 6.45) is 0. The van der Waals surface area contributed by atoms with E-state index < -0.39 is 17.5 Å². The molecule has 0 aromatic heterocycles. The first-order valence-electron chi connectivity index (χ1n) is 7.00. The molecule has 2 aromatic rings. The van der Waals surface area contributed by atoms with Crippen molar-refractivity contribution in [1.82, 2.24) is 5.32 Å². The van der Waals surface area contributed by atoms with E-state index in [1.54, 1.807) is 18.7 Å². The molecule has 0 spiro atoms. The summed E-state index contributed by atoms with van der Waals surface area (Å²) in [6, 6.07) is 10.3. The Balaban J connectivity index is 2.09. The van der Waals surface area contributed by atoms with Gasteiger partial charge in [0.2, 0.25) is 0 Å². The zero-order valence-electron chi connectivity index (χ0n) is 12.4. The highest BCUT2D eigenvalue weighted by atomic mass is 32.2. The number of hydrogen-bond acceptors (Lipinski definition) is 2. The van der Waals surface area contributed by atoms with Crippen LogP contribution in [0.25, 0.3) is 0 Å². The molecule has 1 unspecified atom stereocenters. The zero-order chi connectivity index (χ0) is 16.1. The molecule has 2 rings (SSSR count). The molecule has 0 saturated heterocycles. The Kier molecular flexibility index (Phi) is 5.55. The van der Waals surface area contributed by atoms with E-state index in [2.05, 4.69) is 12.2 Å². The van der Waals surface area contributed by atoms with Gasteiger partial charge in [0.15, 0.2) is 0 Å². The van der Waals surface area contributed by atoms with Gasteiger partial charge < -0.3 is 5.32 Å². The third-order valence-corrected chi connectivity index (χ3v) is 4.11. The number of amides is 1. The van der Waals surface area contributed by atoms with Gasteiger partial charge in [-0.3, -0.25) is 4.79 Å². The van der Waals surface area contributed by atoms with Crippen LogP contribution in [0.1, 0.15) is 35.8 Å². The van der Waals surface area contributed by atoms with Gasteiger partial charge >= 0.3 is 0 Å². The molecule has 0 fully saturated rings. The minimum absolute atomic E-state index is 0.287. The summed E-state index contributed by atoms with van der Waals surface area (Å²) in [4.78, 5) is 13.2. The van der Waals surface area contributed by atoms with Crippen LogP contribution in [-0.2, 0) is 0 Å². The van der Waals surface area contributed by atoms with Gasteiger partial charge in [-0.1, -0.05) is 19.1 Å². The van der Waals surface area contributed by atoms with E-state index in [0.717, 1.165) is 34.4 Å². The maximum Gasteiger partial charge on any atom is 0.254 e. The quantitative estimate of drug-likeness (QED) is 0.818. The van der Waals surface area contributed by atoms with Crippen LogP contribution in [-0.4, -0.2) is 11.7 Å². The number of thioether (sulfide) groups is 1. The first-order chi connectivity index (χ1) is 10.5. The van der Waals surface area contributed by atoms with Gasteiger partial charge in [0.05, 0.1) is 11.6 Å². The summed E-state index contributed by atoms with van der Waals surface area (Å²) in [6.45, 7) is 3.88. The van der Waals surface area contributed by atoms with Gasteiger partial charge in [-0.2, -0.15) is 0 Å². The van der Waals surface area contributed by atoms with E-state index in [9.17, 15) is 13.6 Å². The summed E-state index contributed by atoms with van der Waals surface area (Å²) in [5.41, 5.74) is 0.621. The molecule has 1 amide bonds. The minimum atomic E-state index is -0.735. The van der Waals surface area contributed by atoms with Crippen molar-refractivity contribution in [2.24, 2.45) is 0 Å².